The molecule has 0 aliphatic heterocycles. The van der Waals surface area contributed by atoms with E-state index < -0.39 is 0 Å². The standard InChI is InChI=1S/C19H20N2O6/c1-9-16(10-6-14(26-3)18(24)15(7-10)27-4)21-19(20-9)11-5-12(22)17(23)13(8-11)25-2/h5-8,22-24H,1-4H3,(H,20,21). The zero-order valence-corrected chi connectivity index (χ0v) is 15.3. The van der Waals surface area contributed by atoms with Crippen molar-refractivity contribution >= 4 is 0 Å². The van der Waals surface area contributed by atoms with Crippen LogP contribution in [0.1, 0.15) is 5.69 Å². The summed E-state index contributed by atoms with van der Waals surface area (Å²) in [6.45, 7) is 1.84. The molecule has 0 atom stereocenters. The number of methoxy groups -OCH3 is 3. The molecule has 1 heterocycles. The lowest BCUT2D eigenvalue weighted by Crippen LogP contribution is -1.91. The lowest BCUT2D eigenvalue weighted by atomic mass is 10.1. The minimum atomic E-state index is -0.335. The molecule has 0 saturated heterocycles. The highest BCUT2D eigenvalue weighted by molar-refractivity contribution is 5.73. The first-order valence-electron chi connectivity index (χ1n) is 8.01. The molecule has 0 aliphatic rings. The molecule has 1 aromatic heterocycles. The molecule has 0 spiro atoms. The van der Waals surface area contributed by atoms with Crippen molar-refractivity contribution in [3.63, 3.8) is 0 Å². The maximum Gasteiger partial charge on any atom is 0.200 e. The minimum Gasteiger partial charge on any atom is -0.504 e. The van der Waals surface area contributed by atoms with Crippen molar-refractivity contribution in [2.24, 2.45) is 0 Å². The van der Waals surface area contributed by atoms with Gasteiger partial charge in [-0.15, -0.1) is 0 Å². The number of aryl methyl sites for hydroxylation is 1. The van der Waals surface area contributed by atoms with Crippen LogP contribution >= 0.6 is 0 Å². The van der Waals surface area contributed by atoms with E-state index in [-0.39, 0.29) is 34.5 Å². The lowest BCUT2D eigenvalue weighted by molar-refractivity contribution is 0.340. The van der Waals surface area contributed by atoms with Gasteiger partial charge in [-0.25, -0.2) is 4.98 Å². The number of benzene rings is 2. The zero-order chi connectivity index (χ0) is 19.7. The van der Waals surface area contributed by atoms with Gasteiger partial charge in [0.05, 0.1) is 27.0 Å². The summed E-state index contributed by atoms with van der Waals surface area (Å²) in [5, 5.41) is 29.8. The molecular weight excluding hydrogens is 352 g/mol. The highest BCUT2D eigenvalue weighted by atomic mass is 16.5. The zero-order valence-electron chi connectivity index (χ0n) is 15.3. The Bertz CT molecular complexity index is 971. The molecule has 3 rings (SSSR count). The number of H-pyrrole nitrogens is 1. The summed E-state index contributed by atoms with van der Waals surface area (Å²) in [6.07, 6.45) is 0. The predicted molar refractivity (Wildman–Crippen MR) is 98.8 cm³/mol. The Kier molecular flexibility index (Phi) is 4.72. The van der Waals surface area contributed by atoms with Crippen LogP contribution in [-0.4, -0.2) is 46.6 Å². The van der Waals surface area contributed by atoms with E-state index in [9.17, 15) is 15.3 Å². The number of imidazole rings is 1. The average Bonchev–Trinajstić information content (AvgIpc) is 3.05. The van der Waals surface area contributed by atoms with Crippen LogP contribution in [0.4, 0.5) is 0 Å². The Morgan fingerprint density at radius 1 is 0.778 bits per heavy atom. The second-order valence-electron chi connectivity index (χ2n) is 5.83. The van der Waals surface area contributed by atoms with Gasteiger partial charge < -0.3 is 34.5 Å². The van der Waals surface area contributed by atoms with Gasteiger partial charge in [-0.05, 0) is 31.2 Å². The van der Waals surface area contributed by atoms with Gasteiger partial charge >= 0.3 is 0 Å². The van der Waals surface area contributed by atoms with Crippen molar-refractivity contribution in [2.75, 3.05) is 21.3 Å². The SMILES string of the molecule is COc1cc(-c2nc(-c3cc(OC)c(O)c(OC)c3)c(C)[nH]2)cc(O)c1O. The van der Waals surface area contributed by atoms with Crippen LogP contribution in [0.3, 0.4) is 0 Å². The van der Waals surface area contributed by atoms with Gasteiger partial charge in [0.15, 0.2) is 23.0 Å². The van der Waals surface area contributed by atoms with Gasteiger partial charge in [-0.1, -0.05) is 0 Å². The maximum atomic E-state index is 10.1. The number of aromatic amines is 1. The monoisotopic (exact) mass is 372 g/mol. The Balaban J connectivity index is 2.12. The highest BCUT2D eigenvalue weighted by Crippen LogP contribution is 2.42. The largest absolute Gasteiger partial charge is 0.504 e. The molecular formula is C19H20N2O6. The van der Waals surface area contributed by atoms with E-state index in [4.69, 9.17) is 14.2 Å². The van der Waals surface area contributed by atoms with Crippen molar-refractivity contribution < 1.29 is 29.5 Å². The highest BCUT2D eigenvalue weighted by Gasteiger charge is 2.18. The molecule has 0 unspecified atom stereocenters. The first-order chi connectivity index (χ1) is 12.9. The maximum absolute atomic E-state index is 10.1. The Labute approximate surface area is 155 Å². The summed E-state index contributed by atoms with van der Waals surface area (Å²) in [7, 11) is 4.30. The van der Waals surface area contributed by atoms with Crippen molar-refractivity contribution in [1.29, 1.82) is 0 Å². The van der Waals surface area contributed by atoms with Gasteiger partial charge in [0.1, 0.15) is 5.82 Å². The number of rotatable bonds is 5. The van der Waals surface area contributed by atoms with Crippen LogP contribution in [0.5, 0.6) is 34.5 Å². The quantitative estimate of drug-likeness (QED) is 0.508. The molecule has 4 N–H and O–H groups in total. The normalized spacial score (nSPS) is 10.7. The molecule has 0 radical (unpaired) electrons. The van der Waals surface area contributed by atoms with E-state index in [1.807, 2.05) is 6.92 Å². The molecule has 0 saturated carbocycles. The second-order valence-corrected chi connectivity index (χ2v) is 5.83. The number of aromatic hydroxyl groups is 3. The van der Waals surface area contributed by atoms with Crippen LogP contribution in [0.15, 0.2) is 24.3 Å². The predicted octanol–water partition coefficient (Wildman–Crippen LogP) is 3.19. The van der Waals surface area contributed by atoms with Gasteiger partial charge in [-0.3, -0.25) is 0 Å². The van der Waals surface area contributed by atoms with Gasteiger partial charge in [-0.2, -0.15) is 0 Å². The summed E-state index contributed by atoms with van der Waals surface area (Å²) in [5.74, 6) is 0.390. The summed E-state index contributed by atoms with van der Waals surface area (Å²) >= 11 is 0. The third-order valence-electron chi connectivity index (χ3n) is 4.19. The van der Waals surface area contributed by atoms with Gasteiger partial charge in [0.2, 0.25) is 11.5 Å². The number of phenols is 3. The molecule has 2 aromatic carbocycles. The Morgan fingerprint density at radius 2 is 1.30 bits per heavy atom. The fourth-order valence-electron chi connectivity index (χ4n) is 2.79. The van der Waals surface area contributed by atoms with Gasteiger partial charge in [0.25, 0.3) is 0 Å². The number of nitrogens with one attached hydrogen (secondary N) is 1. The number of nitrogens with zero attached hydrogens (tertiary/aromatic N) is 1. The molecule has 0 aliphatic carbocycles. The average molecular weight is 372 g/mol. The van der Waals surface area contributed by atoms with Crippen molar-refractivity contribution in [1.82, 2.24) is 9.97 Å². The molecule has 0 bridgehead atoms. The molecule has 3 aromatic rings. The number of hydrogen-bond acceptors (Lipinski definition) is 7. The fraction of sp³-hybridized carbons (Fsp3) is 0.211. The molecule has 0 fully saturated rings. The van der Waals surface area contributed by atoms with Crippen molar-refractivity contribution in [2.45, 2.75) is 6.92 Å². The third kappa shape index (κ3) is 3.17. The van der Waals surface area contributed by atoms with Crippen molar-refractivity contribution in [3.05, 3.63) is 30.0 Å². The summed E-state index contributed by atoms with van der Waals surface area (Å²) in [6, 6.07) is 6.26. The van der Waals surface area contributed by atoms with E-state index >= 15 is 0 Å². The van der Waals surface area contributed by atoms with E-state index in [0.717, 1.165) is 5.69 Å². The second kappa shape index (κ2) is 6.99. The van der Waals surface area contributed by atoms with Crippen LogP contribution in [0.25, 0.3) is 22.6 Å². The lowest BCUT2D eigenvalue weighted by Gasteiger charge is -2.10. The van der Waals surface area contributed by atoms with Crippen LogP contribution in [0, 0.1) is 6.92 Å². The molecule has 27 heavy (non-hydrogen) atoms. The number of aromatic nitrogens is 2. The van der Waals surface area contributed by atoms with Crippen LogP contribution in [0.2, 0.25) is 0 Å². The third-order valence-corrected chi connectivity index (χ3v) is 4.19. The smallest absolute Gasteiger partial charge is 0.200 e. The Morgan fingerprint density at radius 3 is 1.85 bits per heavy atom. The van der Waals surface area contributed by atoms with Crippen LogP contribution < -0.4 is 14.2 Å². The topological polar surface area (TPSA) is 117 Å². The van der Waals surface area contributed by atoms with E-state index in [0.29, 0.717) is 22.6 Å². The fourth-order valence-corrected chi connectivity index (χ4v) is 2.79. The first-order valence-corrected chi connectivity index (χ1v) is 8.01. The number of ether oxygens (including phenoxy) is 3. The number of hydrogen-bond donors (Lipinski definition) is 4. The molecule has 8 heteroatoms. The Hall–Kier alpha value is -3.55. The summed E-state index contributed by atoms with van der Waals surface area (Å²) < 4.78 is 15.5. The van der Waals surface area contributed by atoms with Crippen molar-refractivity contribution in [3.8, 4) is 57.1 Å². The van der Waals surface area contributed by atoms with E-state index in [1.165, 1.54) is 27.4 Å². The van der Waals surface area contributed by atoms with E-state index in [1.54, 1.807) is 18.2 Å². The molecule has 142 valence electrons. The molecule has 8 nitrogen and oxygen atoms in total. The summed E-state index contributed by atoms with van der Waals surface area (Å²) in [4.78, 5) is 7.72. The first kappa shape index (κ1) is 18.2. The minimum absolute atomic E-state index is 0.0923. The number of phenolic OH excluding ortho intramolecular Hbond substituents is 3. The van der Waals surface area contributed by atoms with Gasteiger partial charge in [0, 0.05) is 16.8 Å². The molecule has 0 amide bonds. The van der Waals surface area contributed by atoms with E-state index in [2.05, 4.69) is 9.97 Å². The van der Waals surface area contributed by atoms with Crippen LogP contribution in [-0.2, 0) is 0 Å². The summed E-state index contributed by atoms with van der Waals surface area (Å²) in [5.41, 5.74) is 2.59.